The van der Waals surface area contributed by atoms with Gasteiger partial charge in [-0.1, -0.05) is 18.2 Å². The van der Waals surface area contributed by atoms with Gasteiger partial charge in [-0.3, -0.25) is 4.72 Å². The molecule has 2 aromatic heterocycles. The van der Waals surface area contributed by atoms with Gasteiger partial charge >= 0.3 is 5.63 Å². The molecule has 0 unspecified atom stereocenters. The van der Waals surface area contributed by atoms with Gasteiger partial charge < -0.3 is 9.40 Å². The van der Waals surface area contributed by atoms with Crippen molar-refractivity contribution in [3.63, 3.8) is 0 Å². The van der Waals surface area contributed by atoms with Gasteiger partial charge in [-0.15, -0.1) is 0 Å². The van der Waals surface area contributed by atoms with Crippen LogP contribution in [0.2, 0.25) is 0 Å². The van der Waals surface area contributed by atoms with E-state index in [0.717, 1.165) is 5.52 Å². The van der Waals surface area contributed by atoms with Crippen molar-refractivity contribution in [1.82, 2.24) is 4.98 Å². The van der Waals surface area contributed by atoms with E-state index in [1.54, 1.807) is 36.4 Å². The van der Waals surface area contributed by atoms with Crippen LogP contribution in [0.5, 0.6) is 0 Å². The van der Waals surface area contributed by atoms with Crippen LogP contribution < -0.4 is 10.3 Å². The fourth-order valence-electron chi connectivity index (χ4n) is 2.61. The summed E-state index contributed by atoms with van der Waals surface area (Å²) in [4.78, 5) is 14.3. The molecule has 0 saturated carbocycles. The third kappa shape index (κ3) is 2.44. The predicted octanol–water partition coefficient (Wildman–Crippen LogP) is 3.08. The number of hydrogen-bond acceptors (Lipinski definition) is 4. The van der Waals surface area contributed by atoms with Gasteiger partial charge in [0, 0.05) is 34.2 Å². The molecule has 0 amide bonds. The van der Waals surface area contributed by atoms with Crippen LogP contribution in [0.25, 0.3) is 21.9 Å². The zero-order valence-electron chi connectivity index (χ0n) is 12.3. The molecular formula is C17H12N2O4S. The Morgan fingerprint density at radius 3 is 2.71 bits per heavy atom. The van der Waals surface area contributed by atoms with Gasteiger partial charge in [0.05, 0.1) is 0 Å². The Bertz CT molecular complexity index is 1220. The third-order valence-electron chi connectivity index (χ3n) is 3.71. The SMILES string of the molecule is O=c1ccc2cc(NS(=O)(=O)c3c[nH]c4ccccc34)ccc2o1. The molecule has 7 heteroatoms. The van der Waals surface area contributed by atoms with Crippen molar-refractivity contribution in [2.45, 2.75) is 4.90 Å². The number of fused-ring (bicyclic) bond motifs is 2. The molecule has 0 aliphatic rings. The summed E-state index contributed by atoms with van der Waals surface area (Å²) in [7, 11) is -3.75. The fraction of sp³-hybridized carbons (Fsp3) is 0. The highest BCUT2D eigenvalue weighted by atomic mass is 32.2. The van der Waals surface area contributed by atoms with Gasteiger partial charge in [0.1, 0.15) is 10.5 Å². The van der Waals surface area contributed by atoms with Gasteiger partial charge in [0.15, 0.2) is 0 Å². The minimum absolute atomic E-state index is 0.179. The van der Waals surface area contributed by atoms with Crippen molar-refractivity contribution in [2.75, 3.05) is 4.72 Å². The van der Waals surface area contributed by atoms with E-state index in [1.807, 2.05) is 12.1 Å². The number of hydrogen-bond donors (Lipinski definition) is 2. The monoisotopic (exact) mass is 340 g/mol. The highest BCUT2D eigenvalue weighted by Gasteiger charge is 2.19. The minimum atomic E-state index is -3.75. The predicted molar refractivity (Wildman–Crippen MR) is 91.6 cm³/mol. The van der Waals surface area contributed by atoms with Crippen molar-refractivity contribution in [1.29, 1.82) is 0 Å². The van der Waals surface area contributed by atoms with Gasteiger partial charge in [0.2, 0.25) is 0 Å². The van der Waals surface area contributed by atoms with E-state index < -0.39 is 15.6 Å². The second-order valence-corrected chi connectivity index (χ2v) is 6.96. The first-order chi connectivity index (χ1) is 11.5. The molecule has 4 aromatic rings. The summed E-state index contributed by atoms with van der Waals surface area (Å²) in [6, 6.07) is 14.8. The van der Waals surface area contributed by atoms with E-state index in [9.17, 15) is 13.2 Å². The molecule has 2 aromatic carbocycles. The summed E-state index contributed by atoms with van der Waals surface area (Å²) in [5.41, 5.74) is 1.09. The highest BCUT2D eigenvalue weighted by Crippen LogP contribution is 2.25. The van der Waals surface area contributed by atoms with Crippen molar-refractivity contribution in [2.24, 2.45) is 0 Å². The van der Waals surface area contributed by atoms with Crippen LogP contribution in [0.3, 0.4) is 0 Å². The summed E-state index contributed by atoms with van der Waals surface area (Å²) in [5, 5.41) is 1.26. The zero-order valence-corrected chi connectivity index (χ0v) is 13.1. The lowest BCUT2D eigenvalue weighted by atomic mass is 10.2. The third-order valence-corrected chi connectivity index (χ3v) is 5.13. The van der Waals surface area contributed by atoms with Crippen LogP contribution in [0.15, 0.2) is 74.9 Å². The van der Waals surface area contributed by atoms with E-state index in [4.69, 9.17) is 4.42 Å². The number of rotatable bonds is 3. The fourth-order valence-corrected chi connectivity index (χ4v) is 3.84. The van der Waals surface area contributed by atoms with Crippen molar-refractivity contribution in [3.05, 3.63) is 71.2 Å². The Balaban J connectivity index is 1.76. The van der Waals surface area contributed by atoms with Crippen LogP contribution in [0.4, 0.5) is 5.69 Å². The first-order valence-electron chi connectivity index (χ1n) is 7.16. The lowest BCUT2D eigenvalue weighted by Gasteiger charge is -2.08. The number of anilines is 1. The van der Waals surface area contributed by atoms with Crippen LogP contribution >= 0.6 is 0 Å². The van der Waals surface area contributed by atoms with Gasteiger partial charge in [-0.2, -0.15) is 0 Å². The van der Waals surface area contributed by atoms with E-state index >= 15 is 0 Å². The average molecular weight is 340 g/mol. The molecule has 4 rings (SSSR count). The Hall–Kier alpha value is -3.06. The molecule has 2 N–H and O–H groups in total. The second kappa shape index (κ2) is 5.24. The smallest absolute Gasteiger partial charge is 0.336 e. The number of sulfonamides is 1. The molecule has 0 saturated heterocycles. The summed E-state index contributed by atoms with van der Waals surface area (Å²) in [5.74, 6) is 0. The van der Waals surface area contributed by atoms with E-state index in [0.29, 0.717) is 22.0 Å². The Morgan fingerprint density at radius 2 is 1.83 bits per heavy atom. The topological polar surface area (TPSA) is 92.2 Å². The lowest BCUT2D eigenvalue weighted by Crippen LogP contribution is -2.12. The highest BCUT2D eigenvalue weighted by molar-refractivity contribution is 7.93. The van der Waals surface area contributed by atoms with E-state index in [-0.39, 0.29) is 4.90 Å². The summed E-state index contributed by atoms with van der Waals surface area (Å²) in [6.45, 7) is 0. The molecule has 120 valence electrons. The second-order valence-electron chi connectivity index (χ2n) is 5.31. The molecule has 0 bridgehead atoms. The van der Waals surface area contributed by atoms with E-state index in [1.165, 1.54) is 12.3 Å². The first kappa shape index (κ1) is 14.5. The number of para-hydroxylation sites is 1. The number of benzene rings is 2. The molecule has 0 aliphatic heterocycles. The van der Waals surface area contributed by atoms with Gasteiger partial charge in [-0.25, -0.2) is 13.2 Å². The largest absolute Gasteiger partial charge is 0.423 e. The van der Waals surface area contributed by atoms with E-state index in [2.05, 4.69) is 9.71 Å². The number of nitrogens with one attached hydrogen (secondary N) is 2. The molecule has 0 aliphatic carbocycles. The van der Waals surface area contributed by atoms with Crippen LogP contribution in [-0.2, 0) is 10.0 Å². The molecule has 2 heterocycles. The summed E-state index contributed by atoms with van der Waals surface area (Å²) >= 11 is 0. The van der Waals surface area contributed by atoms with Crippen LogP contribution in [0.1, 0.15) is 0 Å². The number of aromatic amines is 1. The Kier molecular flexibility index (Phi) is 3.17. The number of aromatic nitrogens is 1. The average Bonchev–Trinajstić information content (AvgIpc) is 2.99. The summed E-state index contributed by atoms with van der Waals surface area (Å²) < 4.78 is 32.9. The van der Waals surface area contributed by atoms with Gasteiger partial charge in [-0.05, 0) is 30.3 Å². The molecule has 0 spiro atoms. The van der Waals surface area contributed by atoms with Crippen molar-refractivity contribution in [3.8, 4) is 0 Å². The molecule has 24 heavy (non-hydrogen) atoms. The number of H-pyrrole nitrogens is 1. The Labute approximate surface area is 136 Å². The summed E-state index contributed by atoms with van der Waals surface area (Å²) in [6.07, 6.45) is 1.47. The maximum Gasteiger partial charge on any atom is 0.336 e. The van der Waals surface area contributed by atoms with Gasteiger partial charge in [0.25, 0.3) is 10.0 Å². The zero-order chi connectivity index (χ0) is 16.7. The maximum atomic E-state index is 12.7. The Morgan fingerprint density at radius 1 is 1.00 bits per heavy atom. The first-order valence-corrected chi connectivity index (χ1v) is 8.64. The van der Waals surface area contributed by atoms with Crippen molar-refractivity contribution >= 4 is 37.6 Å². The molecule has 0 radical (unpaired) electrons. The quantitative estimate of drug-likeness (QED) is 0.561. The van der Waals surface area contributed by atoms with Crippen molar-refractivity contribution < 1.29 is 12.8 Å². The molecule has 0 fully saturated rings. The standard InChI is InChI=1S/C17H12N2O4S/c20-17-8-5-11-9-12(6-7-15(11)23-17)19-24(21,22)16-10-18-14-4-2-1-3-13(14)16/h1-10,18-19H. The maximum absolute atomic E-state index is 12.7. The van der Waals surface area contributed by atoms with Crippen LogP contribution in [-0.4, -0.2) is 13.4 Å². The molecule has 6 nitrogen and oxygen atoms in total. The lowest BCUT2D eigenvalue weighted by molar-refractivity contribution is 0.561. The minimum Gasteiger partial charge on any atom is -0.423 e. The molecular weight excluding hydrogens is 328 g/mol. The normalized spacial score (nSPS) is 11.8. The molecule has 0 atom stereocenters. The van der Waals surface area contributed by atoms with Crippen LogP contribution in [0, 0.1) is 0 Å².